The zero-order valence-electron chi connectivity index (χ0n) is 33.6. The average Bonchev–Trinajstić information content (AvgIpc) is 3.88. The molecule has 0 N–H and O–H groups in total. The molecule has 60 heavy (non-hydrogen) atoms. The lowest BCUT2D eigenvalue weighted by Crippen LogP contribution is -1.97. The number of rotatable bonds is 6. The fraction of sp³-hybridized carbons (Fsp3) is 0.0357. The second-order valence-electron chi connectivity index (χ2n) is 15.3. The Morgan fingerprint density at radius 3 is 1.70 bits per heavy atom. The van der Waals surface area contributed by atoms with Crippen molar-refractivity contribution in [2.75, 3.05) is 0 Å². The summed E-state index contributed by atoms with van der Waals surface area (Å²) >= 11 is 1.83. The first kappa shape index (κ1) is 36.9. The van der Waals surface area contributed by atoms with Crippen molar-refractivity contribution in [3.05, 3.63) is 218 Å². The van der Waals surface area contributed by atoms with Crippen molar-refractivity contribution in [3.63, 3.8) is 0 Å². The summed E-state index contributed by atoms with van der Waals surface area (Å²) < 4.78 is 4.83. The number of nitrogens with zero attached hydrogens (tertiary/aromatic N) is 3. The Labute approximate surface area is 353 Å². The van der Waals surface area contributed by atoms with Crippen molar-refractivity contribution in [2.24, 2.45) is 4.99 Å². The second kappa shape index (κ2) is 15.4. The van der Waals surface area contributed by atoms with E-state index in [2.05, 4.69) is 188 Å². The maximum Gasteiger partial charge on any atom is 0.145 e. The topological polar surface area (TPSA) is 30.2 Å². The van der Waals surface area contributed by atoms with E-state index in [0.717, 1.165) is 61.8 Å². The zero-order valence-corrected chi connectivity index (χ0v) is 34.4. The van der Waals surface area contributed by atoms with Crippen LogP contribution < -0.4 is 0 Å². The summed E-state index contributed by atoms with van der Waals surface area (Å²) in [5, 5.41) is 10.2. The van der Waals surface area contributed by atoms with E-state index >= 15 is 0 Å². The van der Waals surface area contributed by atoms with E-state index in [1.165, 1.54) is 52.5 Å². The van der Waals surface area contributed by atoms with Crippen LogP contribution in [0.2, 0.25) is 0 Å². The van der Waals surface area contributed by atoms with Crippen molar-refractivity contribution < 1.29 is 0 Å². The van der Waals surface area contributed by atoms with Crippen LogP contribution in [0.4, 0.5) is 0 Å². The third kappa shape index (κ3) is 6.67. The normalized spacial score (nSPS) is 11.7. The Balaban J connectivity index is 0.000000157. The molecule has 0 bridgehead atoms. The largest absolute Gasteiger partial charge is 0.292 e. The summed E-state index contributed by atoms with van der Waals surface area (Å²) in [4.78, 5) is 9.85. The smallest absolute Gasteiger partial charge is 0.145 e. The molecule has 0 fully saturated rings. The van der Waals surface area contributed by atoms with Gasteiger partial charge in [-0.05, 0) is 99.8 Å². The third-order valence-electron chi connectivity index (χ3n) is 11.4. The van der Waals surface area contributed by atoms with Crippen LogP contribution in [0.15, 0.2) is 206 Å². The Morgan fingerprint density at radius 2 is 1.02 bits per heavy atom. The van der Waals surface area contributed by atoms with Gasteiger partial charge in [-0.2, -0.15) is 0 Å². The molecule has 9 aromatic carbocycles. The van der Waals surface area contributed by atoms with Gasteiger partial charge >= 0.3 is 0 Å². The summed E-state index contributed by atoms with van der Waals surface area (Å²) in [6.07, 6.45) is 0. The van der Waals surface area contributed by atoms with Gasteiger partial charge in [0.15, 0.2) is 0 Å². The summed E-state index contributed by atoms with van der Waals surface area (Å²) in [6.45, 7) is 12.5. The van der Waals surface area contributed by atoms with Gasteiger partial charge in [0.1, 0.15) is 5.82 Å². The number of thiophene rings is 1. The van der Waals surface area contributed by atoms with E-state index in [1.54, 1.807) is 0 Å². The Kier molecular flexibility index (Phi) is 9.48. The van der Waals surface area contributed by atoms with Gasteiger partial charge < -0.3 is 0 Å². The predicted molar refractivity (Wildman–Crippen MR) is 261 cm³/mol. The number of imidazole rings is 1. The molecule has 0 aliphatic heterocycles. The SMILES string of the molecule is C=C(C)c1ccc2nc(-c3ccccc3)n(-c3ccccc3)c2c1.C=C(N=C(C)c1ccc2c(c1)sc1ccccc12)c1ccc2c3ccccc3c3ccccc3c2c1. The Hall–Kier alpha value is -7.40. The minimum absolute atomic E-state index is 0.781. The molecule has 3 nitrogen and oxygen atoms in total. The van der Waals surface area contributed by atoms with Gasteiger partial charge in [-0.3, -0.25) is 9.56 Å². The standard InChI is InChI=1S/C34H23NS.C22H18N2/c1-21(35-22(2)24-16-18-31-30-13-7-8-14-33(30)36-34(31)20-24)23-15-17-29-27-11-4-3-9-25(27)26-10-5-6-12-28(26)32(29)19-23;1-16(2)18-13-14-20-21(15-18)24(19-11-7-4-8-12-19)22(23-20)17-9-5-3-6-10-17/h3-20H,1H2,2H3;3-15H,1H2,2H3. The molecule has 11 aromatic rings. The maximum absolute atomic E-state index is 4.95. The lowest BCUT2D eigenvalue weighted by atomic mass is 9.93. The number of benzene rings is 9. The molecule has 0 aliphatic carbocycles. The molecular weight excluding hydrogens is 747 g/mol. The molecule has 0 amide bonds. The molecule has 2 aromatic heterocycles. The average molecular weight is 788 g/mol. The van der Waals surface area contributed by atoms with Gasteiger partial charge in [0.2, 0.25) is 0 Å². The molecule has 4 heteroatoms. The molecule has 286 valence electrons. The van der Waals surface area contributed by atoms with Crippen molar-refractivity contribution in [2.45, 2.75) is 13.8 Å². The van der Waals surface area contributed by atoms with Crippen LogP contribution in [-0.2, 0) is 0 Å². The molecule has 0 atom stereocenters. The number of fused-ring (bicyclic) bond motifs is 10. The second-order valence-corrected chi connectivity index (χ2v) is 16.3. The summed E-state index contributed by atoms with van der Waals surface area (Å²) in [5.74, 6) is 0.954. The number of para-hydroxylation sites is 1. The highest BCUT2D eigenvalue weighted by Gasteiger charge is 2.15. The Morgan fingerprint density at radius 1 is 0.483 bits per heavy atom. The van der Waals surface area contributed by atoms with E-state index in [9.17, 15) is 0 Å². The van der Waals surface area contributed by atoms with E-state index < -0.39 is 0 Å². The van der Waals surface area contributed by atoms with Crippen molar-refractivity contribution >= 4 is 91.8 Å². The first-order valence-electron chi connectivity index (χ1n) is 20.2. The van der Waals surface area contributed by atoms with Gasteiger partial charge in [0, 0.05) is 42.7 Å². The highest BCUT2D eigenvalue weighted by atomic mass is 32.1. The van der Waals surface area contributed by atoms with E-state index in [0.29, 0.717) is 0 Å². The van der Waals surface area contributed by atoms with Gasteiger partial charge in [-0.15, -0.1) is 11.3 Å². The van der Waals surface area contributed by atoms with Crippen LogP contribution in [0, 0.1) is 0 Å². The lowest BCUT2D eigenvalue weighted by molar-refractivity contribution is 1.10. The monoisotopic (exact) mass is 787 g/mol. The Bertz CT molecular complexity index is 3440. The predicted octanol–water partition coefficient (Wildman–Crippen LogP) is 15.7. The molecular formula is C56H41N3S. The molecule has 0 spiro atoms. The van der Waals surface area contributed by atoms with Gasteiger partial charge in [-0.1, -0.05) is 164 Å². The molecule has 11 rings (SSSR count). The van der Waals surface area contributed by atoms with Gasteiger partial charge in [0.25, 0.3) is 0 Å². The number of aromatic nitrogens is 2. The van der Waals surface area contributed by atoms with Crippen molar-refractivity contribution in [3.8, 4) is 17.1 Å². The van der Waals surface area contributed by atoms with Crippen LogP contribution in [0.3, 0.4) is 0 Å². The minimum Gasteiger partial charge on any atom is -0.292 e. The molecule has 0 saturated carbocycles. The number of allylic oxidation sites excluding steroid dienone is 1. The molecule has 0 saturated heterocycles. The molecule has 2 heterocycles. The fourth-order valence-electron chi connectivity index (χ4n) is 8.33. The number of aliphatic imine (C=N–C) groups is 1. The third-order valence-corrected chi connectivity index (χ3v) is 12.5. The number of hydrogen-bond donors (Lipinski definition) is 0. The van der Waals surface area contributed by atoms with E-state index in [1.807, 2.05) is 42.5 Å². The summed E-state index contributed by atoms with van der Waals surface area (Å²) in [7, 11) is 0. The van der Waals surface area contributed by atoms with Crippen LogP contribution in [0.25, 0.3) is 91.9 Å². The lowest BCUT2D eigenvalue weighted by Gasteiger charge is -2.12. The first-order valence-corrected chi connectivity index (χ1v) is 21.0. The first-order chi connectivity index (χ1) is 29.4. The molecule has 0 radical (unpaired) electrons. The zero-order chi connectivity index (χ0) is 40.7. The molecule has 0 aliphatic rings. The van der Waals surface area contributed by atoms with Crippen LogP contribution >= 0.6 is 11.3 Å². The highest BCUT2D eigenvalue weighted by Crippen LogP contribution is 2.37. The fourth-order valence-corrected chi connectivity index (χ4v) is 9.48. The highest BCUT2D eigenvalue weighted by molar-refractivity contribution is 7.25. The van der Waals surface area contributed by atoms with Gasteiger partial charge in [-0.25, -0.2) is 4.98 Å². The van der Waals surface area contributed by atoms with Crippen molar-refractivity contribution in [1.82, 2.24) is 9.55 Å². The quantitative estimate of drug-likeness (QED) is 0.122. The van der Waals surface area contributed by atoms with Crippen LogP contribution in [0.1, 0.15) is 30.5 Å². The van der Waals surface area contributed by atoms with Crippen LogP contribution in [-0.4, -0.2) is 15.3 Å². The minimum atomic E-state index is 0.781. The van der Waals surface area contributed by atoms with Crippen molar-refractivity contribution in [1.29, 1.82) is 0 Å². The summed E-state index contributed by atoms with van der Waals surface area (Å²) in [5.41, 5.74) is 10.4. The van der Waals surface area contributed by atoms with Gasteiger partial charge in [0.05, 0.1) is 16.7 Å². The van der Waals surface area contributed by atoms with Crippen LogP contribution in [0.5, 0.6) is 0 Å². The van der Waals surface area contributed by atoms with E-state index in [-0.39, 0.29) is 0 Å². The summed E-state index contributed by atoms with van der Waals surface area (Å²) in [6, 6.07) is 66.2. The molecule has 0 unspecified atom stereocenters. The number of hydrogen-bond acceptors (Lipinski definition) is 3. The van der Waals surface area contributed by atoms with E-state index in [4.69, 9.17) is 9.98 Å². The maximum atomic E-state index is 4.95.